The van der Waals surface area contributed by atoms with Crippen LogP contribution >= 0.6 is 0 Å². The first-order chi connectivity index (χ1) is 17.5. The van der Waals surface area contributed by atoms with E-state index in [2.05, 4.69) is 32.6 Å². The number of aromatic nitrogens is 4. The Labute approximate surface area is 207 Å². The molecule has 0 spiro atoms. The number of benzene rings is 2. The molecule has 1 aliphatic heterocycles. The largest absolute Gasteiger partial charge is 0.343 e. The molecule has 0 bridgehead atoms. The Hall–Kier alpha value is -4.46. The Morgan fingerprint density at radius 2 is 1.83 bits per heavy atom. The molecule has 2 aromatic carbocycles. The predicted octanol–water partition coefficient (Wildman–Crippen LogP) is 4.94. The fraction of sp³-hybridized carbons (Fsp3) is 0.214. The molecule has 0 saturated carbocycles. The van der Waals surface area contributed by atoms with Gasteiger partial charge >= 0.3 is 0 Å². The Bertz CT molecular complexity index is 1630. The lowest BCUT2D eigenvalue weighted by molar-refractivity contribution is -0.129. The Balaban J connectivity index is 1.31. The maximum absolute atomic E-state index is 12.7. The number of rotatable bonds is 4. The van der Waals surface area contributed by atoms with Crippen LogP contribution in [0.25, 0.3) is 32.9 Å². The number of piperidine rings is 1. The van der Waals surface area contributed by atoms with Crippen molar-refractivity contribution in [1.82, 2.24) is 25.1 Å². The van der Waals surface area contributed by atoms with Crippen LogP contribution in [0.1, 0.15) is 31.2 Å². The number of H-pyrrole nitrogens is 2. The number of likely N-dealkylation sites (tertiary alicyclic amines) is 1. The Morgan fingerprint density at radius 3 is 2.61 bits per heavy atom. The number of amides is 1. The summed E-state index contributed by atoms with van der Waals surface area (Å²) in [6, 6.07) is 18.2. The summed E-state index contributed by atoms with van der Waals surface area (Å²) in [6.45, 7) is 3.24. The van der Waals surface area contributed by atoms with E-state index in [1.54, 1.807) is 19.3 Å². The van der Waals surface area contributed by atoms with Crippen LogP contribution in [0.3, 0.4) is 0 Å². The minimum absolute atomic E-state index is 0.148. The first kappa shape index (κ1) is 22.0. The van der Waals surface area contributed by atoms with E-state index in [0.717, 1.165) is 59.2 Å². The molecule has 36 heavy (non-hydrogen) atoms. The lowest BCUT2D eigenvalue weighted by Crippen LogP contribution is -2.36. The normalized spacial score (nSPS) is 14.4. The molecule has 6 rings (SSSR count). The van der Waals surface area contributed by atoms with Gasteiger partial charge in [0.1, 0.15) is 5.82 Å². The molecule has 3 N–H and O–H groups in total. The van der Waals surface area contributed by atoms with Crippen LogP contribution in [0.4, 0.5) is 11.5 Å². The molecule has 8 nitrogen and oxygen atoms in total. The standard InChI is InChI=1S/C28H26N6O2/c1-17(35)34-12-9-19(10-13-34)18-2-5-23(6-3-18)31-27-26-21(8-11-29-28(26)36)15-25(32-27)20-4-7-24-22(14-20)16-30-33-24/h2-8,11,14-16,19H,9-10,12-13H2,1H3,(H,29,36)(H,30,33)(H,31,32). The van der Waals surface area contributed by atoms with Crippen molar-refractivity contribution in [2.45, 2.75) is 25.7 Å². The van der Waals surface area contributed by atoms with E-state index >= 15 is 0 Å². The Kier molecular flexibility index (Phi) is 5.48. The van der Waals surface area contributed by atoms with Crippen molar-refractivity contribution in [3.8, 4) is 11.3 Å². The molecule has 4 heterocycles. The van der Waals surface area contributed by atoms with Crippen molar-refractivity contribution in [2.75, 3.05) is 18.4 Å². The number of hydrogen-bond donors (Lipinski definition) is 3. The molecule has 180 valence electrons. The summed E-state index contributed by atoms with van der Waals surface area (Å²) in [5.41, 5.74) is 4.62. The number of carbonyl (C=O) groups excluding carboxylic acids is 1. The third kappa shape index (κ3) is 4.11. The molecule has 1 aliphatic rings. The molecule has 1 fully saturated rings. The zero-order chi connectivity index (χ0) is 24.6. The summed E-state index contributed by atoms with van der Waals surface area (Å²) in [5, 5.41) is 12.8. The van der Waals surface area contributed by atoms with Gasteiger partial charge < -0.3 is 15.2 Å². The highest BCUT2D eigenvalue weighted by atomic mass is 16.2. The highest BCUT2D eigenvalue weighted by molar-refractivity contribution is 5.96. The predicted molar refractivity (Wildman–Crippen MR) is 141 cm³/mol. The van der Waals surface area contributed by atoms with Crippen molar-refractivity contribution >= 4 is 39.1 Å². The van der Waals surface area contributed by atoms with E-state index in [0.29, 0.717) is 17.1 Å². The van der Waals surface area contributed by atoms with Gasteiger partial charge in [0, 0.05) is 42.8 Å². The monoisotopic (exact) mass is 478 g/mol. The summed E-state index contributed by atoms with van der Waals surface area (Å²) in [7, 11) is 0. The Morgan fingerprint density at radius 1 is 1.03 bits per heavy atom. The molecule has 0 atom stereocenters. The second kappa shape index (κ2) is 8.96. The molecule has 1 saturated heterocycles. The molecule has 0 unspecified atom stereocenters. The quantitative estimate of drug-likeness (QED) is 0.339. The van der Waals surface area contributed by atoms with E-state index in [1.807, 2.05) is 47.4 Å². The first-order valence-corrected chi connectivity index (χ1v) is 12.1. The topological polar surface area (TPSA) is 107 Å². The van der Waals surface area contributed by atoms with Crippen LogP contribution in [-0.4, -0.2) is 44.1 Å². The van der Waals surface area contributed by atoms with Gasteiger partial charge in [0.05, 0.1) is 22.8 Å². The molecular formula is C28H26N6O2. The van der Waals surface area contributed by atoms with E-state index in [1.165, 1.54) is 5.56 Å². The zero-order valence-corrected chi connectivity index (χ0v) is 19.9. The lowest BCUT2D eigenvalue weighted by Gasteiger charge is -2.31. The molecular weight excluding hydrogens is 452 g/mol. The van der Waals surface area contributed by atoms with Crippen molar-refractivity contribution < 1.29 is 4.79 Å². The average molecular weight is 479 g/mol. The van der Waals surface area contributed by atoms with Gasteiger partial charge in [-0.3, -0.25) is 14.7 Å². The maximum Gasteiger partial charge on any atom is 0.259 e. The van der Waals surface area contributed by atoms with Gasteiger partial charge in [-0.2, -0.15) is 5.10 Å². The summed E-state index contributed by atoms with van der Waals surface area (Å²) in [4.78, 5) is 33.9. The van der Waals surface area contributed by atoms with Gasteiger partial charge in [-0.05, 0) is 66.1 Å². The summed E-state index contributed by atoms with van der Waals surface area (Å²) < 4.78 is 0. The van der Waals surface area contributed by atoms with Gasteiger partial charge in [-0.1, -0.05) is 18.2 Å². The number of nitrogens with zero attached hydrogens (tertiary/aromatic N) is 3. The number of pyridine rings is 2. The third-order valence-electron chi connectivity index (χ3n) is 7.08. The second-order valence-corrected chi connectivity index (χ2v) is 9.33. The van der Waals surface area contributed by atoms with Gasteiger partial charge in [-0.15, -0.1) is 0 Å². The molecule has 8 heteroatoms. The number of aromatic amines is 2. The highest BCUT2D eigenvalue weighted by Crippen LogP contribution is 2.31. The third-order valence-corrected chi connectivity index (χ3v) is 7.08. The van der Waals surface area contributed by atoms with E-state index in [-0.39, 0.29) is 11.5 Å². The average Bonchev–Trinajstić information content (AvgIpc) is 3.37. The maximum atomic E-state index is 12.7. The summed E-state index contributed by atoms with van der Waals surface area (Å²) in [6.07, 6.45) is 5.38. The van der Waals surface area contributed by atoms with E-state index in [4.69, 9.17) is 4.98 Å². The first-order valence-electron chi connectivity index (χ1n) is 12.1. The van der Waals surface area contributed by atoms with Crippen LogP contribution in [0, 0.1) is 0 Å². The van der Waals surface area contributed by atoms with Gasteiger partial charge in [0.2, 0.25) is 5.91 Å². The van der Waals surface area contributed by atoms with Crippen molar-refractivity contribution in [3.05, 3.63) is 82.9 Å². The number of nitrogens with one attached hydrogen (secondary N) is 3. The number of carbonyl (C=O) groups is 1. The van der Waals surface area contributed by atoms with Gasteiger partial charge in [0.25, 0.3) is 5.56 Å². The zero-order valence-electron chi connectivity index (χ0n) is 19.9. The number of hydrogen-bond acceptors (Lipinski definition) is 5. The van der Waals surface area contributed by atoms with Crippen LogP contribution in [0.15, 0.2) is 71.8 Å². The fourth-order valence-corrected chi connectivity index (χ4v) is 5.06. The molecule has 3 aromatic heterocycles. The van der Waals surface area contributed by atoms with Crippen LogP contribution in [0.5, 0.6) is 0 Å². The van der Waals surface area contributed by atoms with Crippen molar-refractivity contribution in [1.29, 1.82) is 0 Å². The smallest absolute Gasteiger partial charge is 0.259 e. The minimum atomic E-state index is -0.187. The second-order valence-electron chi connectivity index (χ2n) is 9.33. The van der Waals surface area contributed by atoms with Gasteiger partial charge in [0.15, 0.2) is 0 Å². The summed E-state index contributed by atoms with van der Waals surface area (Å²) >= 11 is 0. The molecule has 0 radical (unpaired) electrons. The molecule has 1 amide bonds. The number of anilines is 2. The van der Waals surface area contributed by atoms with E-state index < -0.39 is 0 Å². The van der Waals surface area contributed by atoms with Crippen molar-refractivity contribution in [2.24, 2.45) is 0 Å². The van der Waals surface area contributed by atoms with Crippen LogP contribution < -0.4 is 10.9 Å². The van der Waals surface area contributed by atoms with Crippen LogP contribution in [0.2, 0.25) is 0 Å². The number of fused-ring (bicyclic) bond motifs is 2. The van der Waals surface area contributed by atoms with E-state index in [9.17, 15) is 9.59 Å². The molecule has 0 aliphatic carbocycles. The van der Waals surface area contributed by atoms with Crippen LogP contribution in [-0.2, 0) is 4.79 Å². The lowest BCUT2D eigenvalue weighted by atomic mass is 9.89. The van der Waals surface area contributed by atoms with Crippen molar-refractivity contribution in [3.63, 3.8) is 0 Å². The minimum Gasteiger partial charge on any atom is -0.343 e. The van der Waals surface area contributed by atoms with Gasteiger partial charge in [-0.25, -0.2) is 4.98 Å². The highest BCUT2D eigenvalue weighted by Gasteiger charge is 2.22. The summed E-state index contributed by atoms with van der Waals surface area (Å²) in [5.74, 6) is 1.10. The SMILES string of the molecule is CC(=O)N1CCC(c2ccc(Nc3nc(-c4ccc5[nH]ncc5c4)cc4cc[nH]c(=O)c34)cc2)CC1. The molecule has 5 aromatic rings. The fourth-order valence-electron chi connectivity index (χ4n) is 5.06.